The summed E-state index contributed by atoms with van der Waals surface area (Å²) in [4.78, 5) is 0. The third-order valence-electron chi connectivity index (χ3n) is 5.28. The fourth-order valence-corrected chi connectivity index (χ4v) is 3.67. The molecule has 1 aliphatic carbocycles. The average Bonchev–Trinajstić information content (AvgIpc) is 2.85. The van der Waals surface area contributed by atoms with Crippen molar-refractivity contribution in [1.29, 1.82) is 0 Å². The Balaban J connectivity index is 1.23. The van der Waals surface area contributed by atoms with E-state index in [4.69, 9.17) is 28.4 Å². The third kappa shape index (κ3) is 9.57. The number of rotatable bonds is 16. The van der Waals surface area contributed by atoms with Crippen molar-refractivity contribution in [2.75, 3.05) is 52.9 Å². The Hall–Kier alpha value is -2.12. The van der Waals surface area contributed by atoms with Crippen molar-refractivity contribution < 1.29 is 28.4 Å². The molecule has 0 aliphatic heterocycles. The summed E-state index contributed by atoms with van der Waals surface area (Å²) < 4.78 is 34.9. The van der Waals surface area contributed by atoms with E-state index in [0.717, 1.165) is 37.2 Å². The molecular formula is C26H36O6. The van der Waals surface area contributed by atoms with Gasteiger partial charge >= 0.3 is 0 Å². The number of ether oxygens (including phenoxy) is 6. The molecule has 1 saturated carbocycles. The SMILES string of the molecule is c1ccc(OCCOCCOC2(OCCOCCOc3ccccc3)CCCCC2)cc1. The summed E-state index contributed by atoms with van der Waals surface area (Å²) >= 11 is 0. The second-order valence-corrected chi connectivity index (χ2v) is 7.72. The molecule has 0 spiro atoms. The molecule has 32 heavy (non-hydrogen) atoms. The second kappa shape index (κ2) is 14.9. The monoisotopic (exact) mass is 444 g/mol. The minimum atomic E-state index is -0.508. The lowest BCUT2D eigenvalue weighted by Gasteiger charge is -2.37. The van der Waals surface area contributed by atoms with E-state index in [-0.39, 0.29) is 0 Å². The zero-order chi connectivity index (χ0) is 22.2. The zero-order valence-corrected chi connectivity index (χ0v) is 18.9. The van der Waals surface area contributed by atoms with Crippen molar-refractivity contribution >= 4 is 0 Å². The second-order valence-electron chi connectivity index (χ2n) is 7.72. The highest BCUT2D eigenvalue weighted by atomic mass is 16.7. The largest absolute Gasteiger partial charge is 0.491 e. The van der Waals surface area contributed by atoms with Crippen molar-refractivity contribution in [1.82, 2.24) is 0 Å². The topological polar surface area (TPSA) is 55.4 Å². The van der Waals surface area contributed by atoms with Gasteiger partial charge in [0.1, 0.15) is 24.7 Å². The van der Waals surface area contributed by atoms with Crippen LogP contribution in [0.5, 0.6) is 11.5 Å². The van der Waals surface area contributed by atoms with Gasteiger partial charge < -0.3 is 28.4 Å². The number of benzene rings is 2. The highest BCUT2D eigenvalue weighted by molar-refractivity contribution is 5.21. The molecular weight excluding hydrogens is 408 g/mol. The molecule has 0 heterocycles. The van der Waals surface area contributed by atoms with E-state index in [1.807, 2.05) is 60.7 Å². The van der Waals surface area contributed by atoms with E-state index in [9.17, 15) is 0 Å². The summed E-state index contributed by atoms with van der Waals surface area (Å²) in [5, 5.41) is 0. The lowest BCUT2D eigenvalue weighted by atomic mass is 9.94. The van der Waals surface area contributed by atoms with Crippen molar-refractivity contribution in [2.24, 2.45) is 0 Å². The minimum absolute atomic E-state index is 0.508. The molecule has 2 aromatic rings. The van der Waals surface area contributed by atoms with Crippen LogP contribution in [0.15, 0.2) is 60.7 Å². The lowest BCUT2D eigenvalue weighted by molar-refractivity contribution is -0.260. The fraction of sp³-hybridized carbons (Fsp3) is 0.538. The molecule has 6 nitrogen and oxygen atoms in total. The van der Waals surface area contributed by atoms with Gasteiger partial charge in [-0.3, -0.25) is 0 Å². The van der Waals surface area contributed by atoms with Gasteiger partial charge in [-0.2, -0.15) is 0 Å². The number of para-hydroxylation sites is 2. The van der Waals surface area contributed by atoms with Gasteiger partial charge in [-0.15, -0.1) is 0 Å². The molecule has 0 aromatic heterocycles. The van der Waals surface area contributed by atoms with Gasteiger partial charge in [0.2, 0.25) is 0 Å². The fourth-order valence-electron chi connectivity index (χ4n) is 3.67. The van der Waals surface area contributed by atoms with E-state index < -0.39 is 5.79 Å². The molecule has 0 amide bonds. The third-order valence-corrected chi connectivity index (χ3v) is 5.28. The van der Waals surface area contributed by atoms with Gasteiger partial charge in [0, 0.05) is 12.8 Å². The molecule has 0 unspecified atom stereocenters. The van der Waals surface area contributed by atoms with Crippen LogP contribution in [0.2, 0.25) is 0 Å². The predicted molar refractivity (Wildman–Crippen MR) is 123 cm³/mol. The lowest BCUT2D eigenvalue weighted by Crippen LogP contribution is -2.40. The van der Waals surface area contributed by atoms with Crippen molar-refractivity contribution in [3.05, 3.63) is 60.7 Å². The quantitative estimate of drug-likeness (QED) is 0.272. The Bertz CT molecular complexity index is 647. The van der Waals surface area contributed by atoms with E-state index in [2.05, 4.69) is 0 Å². The molecule has 3 rings (SSSR count). The highest BCUT2D eigenvalue weighted by Crippen LogP contribution is 2.32. The smallest absolute Gasteiger partial charge is 0.168 e. The summed E-state index contributed by atoms with van der Waals surface area (Å²) in [6.45, 7) is 4.19. The van der Waals surface area contributed by atoms with Crippen LogP contribution in [0.1, 0.15) is 32.1 Å². The summed E-state index contributed by atoms with van der Waals surface area (Å²) in [5.41, 5.74) is 0. The van der Waals surface area contributed by atoms with Crippen LogP contribution in [-0.2, 0) is 18.9 Å². The molecule has 0 atom stereocenters. The van der Waals surface area contributed by atoms with Crippen molar-refractivity contribution in [2.45, 2.75) is 37.9 Å². The average molecular weight is 445 g/mol. The van der Waals surface area contributed by atoms with E-state index in [1.165, 1.54) is 6.42 Å². The number of hydrogen-bond donors (Lipinski definition) is 0. The van der Waals surface area contributed by atoms with Crippen molar-refractivity contribution in [3.63, 3.8) is 0 Å². The summed E-state index contributed by atoms with van der Waals surface area (Å²) in [7, 11) is 0. The molecule has 176 valence electrons. The molecule has 1 fully saturated rings. The Labute approximate surface area is 191 Å². The van der Waals surface area contributed by atoms with Gasteiger partial charge in [0.25, 0.3) is 0 Å². The summed E-state index contributed by atoms with van der Waals surface area (Å²) in [5.74, 6) is 1.21. The van der Waals surface area contributed by atoms with Crippen LogP contribution in [0, 0.1) is 0 Å². The Kier molecular flexibility index (Phi) is 11.4. The van der Waals surface area contributed by atoms with Gasteiger partial charge in [0.05, 0.1) is 39.6 Å². The molecule has 1 aliphatic rings. The maximum Gasteiger partial charge on any atom is 0.168 e. The normalized spacial score (nSPS) is 15.4. The predicted octanol–water partition coefficient (Wildman–Crippen LogP) is 4.87. The zero-order valence-electron chi connectivity index (χ0n) is 18.9. The Morgan fingerprint density at radius 3 is 1.41 bits per heavy atom. The molecule has 0 radical (unpaired) electrons. The molecule has 6 heteroatoms. The Morgan fingerprint density at radius 2 is 0.938 bits per heavy atom. The van der Waals surface area contributed by atoms with E-state index in [0.29, 0.717) is 52.9 Å². The first-order valence-corrected chi connectivity index (χ1v) is 11.7. The van der Waals surface area contributed by atoms with Crippen LogP contribution in [0.3, 0.4) is 0 Å². The van der Waals surface area contributed by atoms with Crippen LogP contribution < -0.4 is 9.47 Å². The van der Waals surface area contributed by atoms with Crippen LogP contribution >= 0.6 is 0 Å². The maximum absolute atomic E-state index is 6.15. The summed E-state index contributed by atoms with van der Waals surface area (Å²) in [6, 6.07) is 19.5. The first-order valence-electron chi connectivity index (χ1n) is 11.7. The highest BCUT2D eigenvalue weighted by Gasteiger charge is 2.33. The van der Waals surface area contributed by atoms with Crippen LogP contribution in [0.4, 0.5) is 0 Å². The van der Waals surface area contributed by atoms with Crippen LogP contribution in [0.25, 0.3) is 0 Å². The van der Waals surface area contributed by atoms with E-state index >= 15 is 0 Å². The van der Waals surface area contributed by atoms with Gasteiger partial charge in [-0.05, 0) is 37.1 Å². The van der Waals surface area contributed by atoms with Crippen LogP contribution in [-0.4, -0.2) is 58.6 Å². The first kappa shape index (κ1) is 24.5. The molecule has 0 N–H and O–H groups in total. The molecule has 2 aromatic carbocycles. The standard InChI is InChI=1S/C26H36O6/c1-4-10-24(11-5-1)29-20-16-27-18-22-31-26(14-8-3-9-15-26)32-23-19-28-17-21-30-25-12-6-2-7-13-25/h1-2,4-7,10-13H,3,8-9,14-23H2. The molecule has 0 saturated heterocycles. The maximum atomic E-state index is 6.15. The van der Waals surface area contributed by atoms with Gasteiger partial charge in [-0.25, -0.2) is 0 Å². The van der Waals surface area contributed by atoms with Crippen molar-refractivity contribution in [3.8, 4) is 11.5 Å². The van der Waals surface area contributed by atoms with Gasteiger partial charge in [-0.1, -0.05) is 42.8 Å². The van der Waals surface area contributed by atoms with Gasteiger partial charge in [0.15, 0.2) is 5.79 Å². The minimum Gasteiger partial charge on any atom is -0.491 e. The molecule has 0 bridgehead atoms. The summed E-state index contributed by atoms with van der Waals surface area (Å²) in [6.07, 6.45) is 5.31. The first-order chi connectivity index (χ1) is 15.9. The Morgan fingerprint density at radius 1 is 0.500 bits per heavy atom. The number of hydrogen-bond acceptors (Lipinski definition) is 6. The van der Waals surface area contributed by atoms with E-state index in [1.54, 1.807) is 0 Å².